The maximum atomic E-state index is 13.8. The van der Waals surface area contributed by atoms with Crippen LogP contribution in [0.3, 0.4) is 0 Å². The number of ether oxygens (including phenoxy) is 1. The first-order valence-electron chi connectivity index (χ1n) is 16.5. The summed E-state index contributed by atoms with van der Waals surface area (Å²) in [6, 6.07) is 29.3. The Bertz CT molecular complexity index is 2210. The Morgan fingerprint density at radius 2 is 1.63 bits per heavy atom. The Morgan fingerprint density at radius 3 is 2.40 bits per heavy atom. The van der Waals surface area contributed by atoms with Gasteiger partial charge >= 0.3 is 5.97 Å². The third-order valence-electron chi connectivity index (χ3n) is 8.55. The van der Waals surface area contributed by atoms with Crippen molar-refractivity contribution in [1.29, 1.82) is 0 Å². The third kappa shape index (κ3) is 8.25. The van der Waals surface area contributed by atoms with Gasteiger partial charge in [-0.05, 0) is 71.7 Å². The monoisotopic (exact) mass is 732 g/mol. The molecule has 1 unspecified atom stereocenters. The highest BCUT2D eigenvalue weighted by Crippen LogP contribution is 2.38. The van der Waals surface area contributed by atoms with Gasteiger partial charge in [0.1, 0.15) is 10.7 Å². The van der Waals surface area contributed by atoms with E-state index in [0.29, 0.717) is 46.2 Å². The maximum absolute atomic E-state index is 13.8. The summed E-state index contributed by atoms with van der Waals surface area (Å²) in [6.45, 7) is 4.11. The minimum Gasteiger partial charge on any atom is -0.465 e. The molecular formula is C40H36N4O6S2. The van der Waals surface area contributed by atoms with E-state index in [2.05, 4.69) is 16.0 Å². The SMILES string of the molecule is COC(=O)c1c(NC(=O)C(C)Sc2cccc(NC(=O)/C(=C\c3cccc4ccccc34)NC(=O)c3ccccc3)c2)sc2c1CCN(C(C)=O)C2. The second kappa shape index (κ2) is 16.1. The number of benzene rings is 4. The zero-order chi connectivity index (χ0) is 36.8. The molecular weight excluding hydrogens is 697 g/mol. The first kappa shape index (κ1) is 36.1. The number of rotatable bonds is 10. The number of nitrogens with zero attached hydrogens (tertiary/aromatic N) is 1. The van der Waals surface area contributed by atoms with E-state index in [0.717, 1.165) is 26.8 Å². The minimum atomic E-state index is -0.587. The van der Waals surface area contributed by atoms with Gasteiger partial charge in [-0.2, -0.15) is 0 Å². The molecule has 0 fully saturated rings. The largest absolute Gasteiger partial charge is 0.465 e. The van der Waals surface area contributed by atoms with Crippen LogP contribution < -0.4 is 16.0 Å². The van der Waals surface area contributed by atoms with E-state index in [-0.39, 0.29) is 17.5 Å². The molecule has 52 heavy (non-hydrogen) atoms. The van der Waals surface area contributed by atoms with Crippen molar-refractivity contribution in [3.8, 4) is 0 Å². The number of thiophene rings is 1. The zero-order valence-corrected chi connectivity index (χ0v) is 30.4. The molecule has 0 saturated carbocycles. The predicted octanol–water partition coefficient (Wildman–Crippen LogP) is 7.12. The smallest absolute Gasteiger partial charge is 0.341 e. The summed E-state index contributed by atoms with van der Waals surface area (Å²) in [4.78, 5) is 68.5. The number of methoxy groups -OCH3 is 1. The third-order valence-corrected chi connectivity index (χ3v) is 10.8. The van der Waals surface area contributed by atoms with Crippen LogP contribution in [-0.4, -0.2) is 53.4 Å². The van der Waals surface area contributed by atoms with Crippen molar-refractivity contribution in [3.63, 3.8) is 0 Å². The Balaban J connectivity index is 1.19. The van der Waals surface area contributed by atoms with E-state index in [1.54, 1.807) is 60.4 Å². The highest BCUT2D eigenvalue weighted by Gasteiger charge is 2.31. The number of amides is 4. The van der Waals surface area contributed by atoms with E-state index < -0.39 is 23.0 Å². The van der Waals surface area contributed by atoms with Gasteiger partial charge in [-0.3, -0.25) is 19.2 Å². The molecule has 2 heterocycles. The molecule has 5 aromatic rings. The Morgan fingerprint density at radius 1 is 0.904 bits per heavy atom. The number of anilines is 2. The topological polar surface area (TPSA) is 134 Å². The molecule has 1 atom stereocenters. The molecule has 0 radical (unpaired) electrons. The first-order chi connectivity index (χ1) is 25.1. The van der Waals surface area contributed by atoms with Crippen molar-refractivity contribution in [2.24, 2.45) is 0 Å². The number of hydrogen-bond donors (Lipinski definition) is 3. The average Bonchev–Trinajstić information content (AvgIpc) is 3.51. The van der Waals surface area contributed by atoms with Gasteiger partial charge in [0.25, 0.3) is 11.8 Å². The lowest BCUT2D eigenvalue weighted by Crippen LogP contribution is -2.33. The van der Waals surface area contributed by atoms with Crippen molar-refractivity contribution in [3.05, 3.63) is 130 Å². The molecule has 4 aromatic carbocycles. The lowest BCUT2D eigenvalue weighted by atomic mass is 10.0. The van der Waals surface area contributed by atoms with Gasteiger partial charge in [-0.1, -0.05) is 66.7 Å². The fourth-order valence-electron chi connectivity index (χ4n) is 5.87. The molecule has 0 spiro atoms. The van der Waals surface area contributed by atoms with Crippen LogP contribution in [0.25, 0.3) is 16.8 Å². The molecule has 0 saturated heterocycles. The van der Waals surface area contributed by atoms with Crippen molar-refractivity contribution in [2.45, 2.75) is 37.0 Å². The molecule has 10 nitrogen and oxygen atoms in total. The Hall–Kier alpha value is -5.72. The summed E-state index contributed by atoms with van der Waals surface area (Å²) < 4.78 is 5.04. The standard InChI is InChI=1S/C40H36N4O6S2/c1-24(36(46)43-39-35(40(49)50-3)32-19-20-44(25(2)45)23-34(32)52-39)51-30-17-10-16-29(22-30)41-38(48)33(42-37(47)27-12-5-4-6-13-27)21-28-15-9-14-26-11-7-8-18-31(26)28/h4-18,21-22,24H,19-20,23H2,1-3H3,(H,41,48)(H,42,47)(H,43,46)/b33-21+. The molecule has 0 bridgehead atoms. The molecule has 4 amide bonds. The number of thioether (sulfide) groups is 1. The molecule has 1 aliphatic rings. The number of hydrogen-bond acceptors (Lipinski definition) is 8. The quantitative estimate of drug-likeness (QED) is 0.0791. The van der Waals surface area contributed by atoms with Crippen molar-refractivity contribution in [2.75, 3.05) is 24.3 Å². The summed E-state index contributed by atoms with van der Waals surface area (Å²) in [5.41, 5.74) is 2.81. The number of fused-ring (bicyclic) bond motifs is 2. The minimum absolute atomic E-state index is 0.0540. The van der Waals surface area contributed by atoms with Crippen LogP contribution in [0.15, 0.2) is 108 Å². The lowest BCUT2D eigenvalue weighted by molar-refractivity contribution is -0.129. The van der Waals surface area contributed by atoms with Crippen LogP contribution >= 0.6 is 23.1 Å². The van der Waals surface area contributed by atoms with E-state index in [1.807, 2.05) is 54.6 Å². The van der Waals surface area contributed by atoms with Crippen LogP contribution in [0.5, 0.6) is 0 Å². The normalized spacial score (nSPS) is 13.1. The van der Waals surface area contributed by atoms with Crippen molar-refractivity contribution >= 4 is 80.2 Å². The van der Waals surface area contributed by atoms with Gasteiger partial charge in [0.2, 0.25) is 11.8 Å². The van der Waals surface area contributed by atoms with E-state index in [9.17, 15) is 24.0 Å². The van der Waals surface area contributed by atoms with Crippen LogP contribution in [-0.2, 0) is 32.1 Å². The average molecular weight is 733 g/mol. The molecule has 1 aliphatic heterocycles. The Labute approximate surface area is 309 Å². The van der Waals surface area contributed by atoms with Gasteiger partial charge in [0.15, 0.2) is 0 Å². The van der Waals surface area contributed by atoms with Crippen LogP contribution in [0.2, 0.25) is 0 Å². The van der Waals surface area contributed by atoms with E-state index in [1.165, 1.54) is 37.1 Å². The second-order valence-corrected chi connectivity index (χ2v) is 14.6. The highest BCUT2D eigenvalue weighted by molar-refractivity contribution is 8.00. The van der Waals surface area contributed by atoms with Crippen LogP contribution in [0.1, 0.15) is 50.6 Å². The van der Waals surface area contributed by atoms with E-state index in [4.69, 9.17) is 4.74 Å². The molecule has 12 heteroatoms. The maximum Gasteiger partial charge on any atom is 0.341 e. The fourth-order valence-corrected chi connectivity index (χ4v) is 8.05. The fraction of sp³-hybridized carbons (Fsp3) is 0.175. The first-order valence-corrected chi connectivity index (χ1v) is 18.2. The lowest BCUT2D eigenvalue weighted by Gasteiger charge is -2.25. The molecule has 0 aliphatic carbocycles. The van der Waals surface area contributed by atoms with Gasteiger partial charge in [-0.25, -0.2) is 4.79 Å². The van der Waals surface area contributed by atoms with Gasteiger partial charge < -0.3 is 25.6 Å². The second-order valence-electron chi connectivity index (χ2n) is 12.1. The zero-order valence-electron chi connectivity index (χ0n) is 28.7. The molecule has 6 rings (SSSR count). The van der Waals surface area contributed by atoms with Gasteiger partial charge in [-0.15, -0.1) is 23.1 Å². The summed E-state index contributed by atoms with van der Waals surface area (Å²) >= 11 is 2.56. The van der Waals surface area contributed by atoms with Crippen molar-refractivity contribution in [1.82, 2.24) is 10.2 Å². The number of nitrogens with one attached hydrogen (secondary N) is 3. The number of carbonyl (C=O) groups is 5. The summed E-state index contributed by atoms with van der Waals surface area (Å²) in [5, 5.41) is 10.3. The summed E-state index contributed by atoms with van der Waals surface area (Å²) in [5.74, 6) is -1.87. The Kier molecular flexibility index (Phi) is 11.2. The highest BCUT2D eigenvalue weighted by atomic mass is 32.2. The molecule has 3 N–H and O–H groups in total. The van der Waals surface area contributed by atoms with E-state index >= 15 is 0 Å². The molecule has 1 aromatic heterocycles. The number of esters is 1. The van der Waals surface area contributed by atoms with Gasteiger partial charge in [0, 0.05) is 34.5 Å². The predicted molar refractivity (Wildman–Crippen MR) is 205 cm³/mol. The molecule has 264 valence electrons. The van der Waals surface area contributed by atoms with Crippen LogP contribution in [0, 0.1) is 0 Å². The summed E-state index contributed by atoms with van der Waals surface area (Å²) in [6.07, 6.45) is 2.15. The van der Waals surface area contributed by atoms with Gasteiger partial charge in [0.05, 0.1) is 24.5 Å². The number of carbonyl (C=O) groups excluding carboxylic acids is 5. The van der Waals surface area contributed by atoms with Crippen molar-refractivity contribution < 1.29 is 28.7 Å². The van der Waals surface area contributed by atoms with Crippen LogP contribution in [0.4, 0.5) is 10.7 Å². The summed E-state index contributed by atoms with van der Waals surface area (Å²) in [7, 11) is 1.30.